The lowest BCUT2D eigenvalue weighted by atomic mass is 10.2. The van der Waals surface area contributed by atoms with Crippen molar-refractivity contribution in [1.82, 2.24) is 14.9 Å². The van der Waals surface area contributed by atoms with Gasteiger partial charge in [-0.15, -0.1) is 0 Å². The number of nitrogens with one attached hydrogen (secondary N) is 1. The van der Waals surface area contributed by atoms with Gasteiger partial charge >= 0.3 is 5.97 Å². The Bertz CT molecular complexity index is 804. The number of hydrogen-bond donors (Lipinski definition) is 1. The molecule has 150 valence electrons. The molecule has 0 aliphatic heterocycles. The van der Waals surface area contributed by atoms with E-state index in [1.165, 1.54) is 16.7 Å². The van der Waals surface area contributed by atoms with E-state index in [-0.39, 0.29) is 37.9 Å². The minimum Gasteiger partial charge on any atom is -0.461 e. The fraction of sp³-hybridized carbons (Fsp3) is 0.400. The van der Waals surface area contributed by atoms with Crippen LogP contribution >= 0.6 is 0 Å². The van der Waals surface area contributed by atoms with E-state index in [1.54, 1.807) is 13.2 Å². The monoisotopic (exact) mass is 386 g/mol. The molecule has 2 amide bonds. The second-order valence-corrected chi connectivity index (χ2v) is 6.40. The van der Waals surface area contributed by atoms with Crippen molar-refractivity contribution in [2.75, 3.05) is 25.0 Å². The predicted molar refractivity (Wildman–Crippen MR) is 104 cm³/mol. The maximum atomic E-state index is 12.7. The third-order valence-electron chi connectivity index (χ3n) is 4.24. The summed E-state index contributed by atoms with van der Waals surface area (Å²) in [6, 6.07) is 9.38. The van der Waals surface area contributed by atoms with Crippen LogP contribution in [0.4, 0.5) is 5.95 Å². The fourth-order valence-electron chi connectivity index (χ4n) is 2.43. The lowest BCUT2D eigenvalue weighted by molar-refractivity contribution is -0.144. The average molecular weight is 386 g/mol. The van der Waals surface area contributed by atoms with Crippen LogP contribution in [0.15, 0.2) is 36.5 Å². The molecule has 1 aromatic carbocycles. The molecule has 1 heterocycles. The third-order valence-corrected chi connectivity index (χ3v) is 4.24. The van der Waals surface area contributed by atoms with Gasteiger partial charge in [0.1, 0.15) is 6.61 Å². The molecular weight excluding hydrogens is 360 g/mol. The number of ether oxygens (including phenoxy) is 1. The van der Waals surface area contributed by atoms with Gasteiger partial charge in [-0.1, -0.05) is 37.3 Å². The van der Waals surface area contributed by atoms with Crippen LogP contribution in [0.25, 0.3) is 0 Å². The van der Waals surface area contributed by atoms with Gasteiger partial charge in [0.05, 0.1) is 19.2 Å². The number of rotatable bonds is 9. The SMILES string of the molecule is CCc1cnc(N(CCC(=O)OCc2ccccc2)C(=O)CN(C)C(C)=O)[nH]1. The summed E-state index contributed by atoms with van der Waals surface area (Å²) in [5.74, 6) is -0.603. The number of hydrogen-bond acceptors (Lipinski definition) is 5. The smallest absolute Gasteiger partial charge is 0.307 e. The van der Waals surface area contributed by atoms with Gasteiger partial charge < -0.3 is 14.6 Å². The molecule has 0 spiro atoms. The van der Waals surface area contributed by atoms with Crippen molar-refractivity contribution in [3.63, 3.8) is 0 Å². The number of aromatic nitrogens is 2. The Kier molecular flexibility index (Phi) is 7.74. The summed E-state index contributed by atoms with van der Waals surface area (Å²) in [6.07, 6.45) is 2.41. The first-order valence-electron chi connectivity index (χ1n) is 9.16. The highest BCUT2D eigenvalue weighted by molar-refractivity contribution is 5.95. The molecule has 8 heteroatoms. The summed E-state index contributed by atoms with van der Waals surface area (Å²) in [4.78, 5) is 46.2. The van der Waals surface area contributed by atoms with Crippen LogP contribution in [0.1, 0.15) is 31.5 Å². The molecule has 1 N–H and O–H groups in total. The standard InChI is InChI=1S/C20H26N4O4/c1-4-17-12-21-20(22-17)24(18(26)13-23(3)15(2)25)11-10-19(27)28-14-16-8-6-5-7-9-16/h5-9,12H,4,10-11,13-14H2,1-3H3,(H,21,22). The number of carbonyl (C=O) groups excluding carboxylic acids is 3. The molecule has 0 fully saturated rings. The molecule has 0 aliphatic carbocycles. The summed E-state index contributed by atoms with van der Waals surface area (Å²) in [5, 5.41) is 0. The lowest BCUT2D eigenvalue weighted by Crippen LogP contribution is -2.42. The number of aromatic amines is 1. The fourth-order valence-corrected chi connectivity index (χ4v) is 2.43. The summed E-state index contributed by atoms with van der Waals surface area (Å²) in [7, 11) is 1.55. The Morgan fingerprint density at radius 2 is 1.89 bits per heavy atom. The highest BCUT2D eigenvalue weighted by atomic mass is 16.5. The number of nitrogens with zero attached hydrogens (tertiary/aromatic N) is 3. The van der Waals surface area contributed by atoms with Gasteiger partial charge in [0.15, 0.2) is 0 Å². The molecule has 28 heavy (non-hydrogen) atoms. The van der Waals surface area contributed by atoms with Crippen molar-refractivity contribution in [2.45, 2.75) is 33.3 Å². The number of imidazole rings is 1. The van der Waals surface area contributed by atoms with Crippen LogP contribution in [-0.4, -0.2) is 52.8 Å². The van der Waals surface area contributed by atoms with Gasteiger partial charge in [0.25, 0.3) is 0 Å². The van der Waals surface area contributed by atoms with Crippen molar-refractivity contribution < 1.29 is 19.1 Å². The van der Waals surface area contributed by atoms with E-state index in [0.29, 0.717) is 5.95 Å². The maximum absolute atomic E-state index is 12.7. The Balaban J connectivity index is 1.99. The zero-order valence-electron chi connectivity index (χ0n) is 16.5. The van der Waals surface area contributed by atoms with Crippen molar-refractivity contribution in [2.24, 2.45) is 0 Å². The molecule has 0 atom stereocenters. The van der Waals surface area contributed by atoms with E-state index >= 15 is 0 Å². The molecule has 0 saturated carbocycles. The number of benzene rings is 1. The molecule has 1 aromatic heterocycles. The van der Waals surface area contributed by atoms with Gasteiger partial charge in [0, 0.05) is 26.2 Å². The van der Waals surface area contributed by atoms with Crippen molar-refractivity contribution in [3.05, 3.63) is 47.8 Å². The number of aryl methyl sites for hydroxylation is 1. The largest absolute Gasteiger partial charge is 0.461 e. The van der Waals surface area contributed by atoms with Crippen LogP contribution in [-0.2, 0) is 32.1 Å². The maximum Gasteiger partial charge on any atom is 0.307 e. The molecule has 0 aliphatic rings. The van der Waals surface area contributed by atoms with Crippen LogP contribution in [0.5, 0.6) is 0 Å². The molecule has 8 nitrogen and oxygen atoms in total. The van der Waals surface area contributed by atoms with Gasteiger partial charge in [0.2, 0.25) is 17.8 Å². The Morgan fingerprint density at radius 3 is 2.50 bits per heavy atom. The van der Waals surface area contributed by atoms with Crippen molar-refractivity contribution in [1.29, 1.82) is 0 Å². The molecule has 0 saturated heterocycles. The Labute approximate surface area is 164 Å². The number of H-pyrrole nitrogens is 1. The Hall–Kier alpha value is -3.16. The Morgan fingerprint density at radius 1 is 1.18 bits per heavy atom. The van der Waals surface area contributed by atoms with E-state index in [9.17, 15) is 14.4 Å². The summed E-state index contributed by atoms with van der Waals surface area (Å²) in [6.45, 7) is 3.54. The number of likely N-dealkylation sites (N-methyl/N-ethyl adjacent to an activating group) is 1. The van der Waals surface area contributed by atoms with Crippen LogP contribution in [0.2, 0.25) is 0 Å². The molecule has 2 rings (SSSR count). The van der Waals surface area contributed by atoms with E-state index in [1.807, 2.05) is 37.3 Å². The highest BCUT2D eigenvalue weighted by Gasteiger charge is 2.22. The van der Waals surface area contributed by atoms with Crippen LogP contribution < -0.4 is 4.90 Å². The van der Waals surface area contributed by atoms with Gasteiger partial charge in [-0.05, 0) is 12.0 Å². The minimum absolute atomic E-state index is 0.0184. The quantitative estimate of drug-likeness (QED) is 0.664. The van der Waals surface area contributed by atoms with E-state index < -0.39 is 5.97 Å². The second kappa shape index (κ2) is 10.2. The lowest BCUT2D eigenvalue weighted by Gasteiger charge is -2.23. The molecule has 0 bridgehead atoms. The minimum atomic E-state index is -0.413. The van der Waals surface area contributed by atoms with E-state index in [0.717, 1.165) is 17.7 Å². The molecule has 2 aromatic rings. The third kappa shape index (κ3) is 6.22. The van der Waals surface area contributed by atoms with Gasteiger partial charge in [-0.25, -0.2) is 4.98 Å². The van der Waals surface area contributed by atoms with Gasteiger partial charge in [-0.3, -0.25) is 19.3 Å². The average Bonchev–Trinajstić information content (AvgIpc) is 3.16. The normalized spacial score (nSPS) is 10.4. The number of carbonyl (C=O) groups is 3. The van der Waals surface area contributed by atoms with E-state index in [2.05, 4.69) is 9.97 Å². The summed E-state index contributed by atoms with van der Waals surface area (Å²) >= 11 is 0. The molecule has 0 unspecified atom stereocenters. The number of anilines is 1. The van der Waals surface area contributed by atoms with Crippen LogP contribution in [0, 0.1) is 0 Å². The molecular formula is C20H26N4O4. The highest BCUT2D eigenvalue weighted by Crippen LogP contribution is 2.12. The summed E-state index contributed by atoms with van der Waals surface area (Å²) < 4.78 is 5.27. The van der Waals surface area contributed by atoms with E-state index in [4.69, 9.17) is 4.74 Å². The topological polar surface area (TPSA) is 95.6 Å². The van der Waals surface area contributed by atoms with Crippen molar-refractivity contribution in [3.8, 4) is 0 Å². The first kappa shape index (κ1) is 21.1. The number of amides is 2. The van der Waals surface area contributed by atoms with Gasteiger partial charge in [-0.2, -0.15) is 0 Å². The first-order valence-corrected chi connectivity index (χ1v) is 9.16. The zero-order chi connectivity index (χ0) is 20.5. The first-order chi connectivity index (χ1) is 13.4. The predicted octanol–water partition coefficient (Wildman–Crippen LogP) is 1.92. The van der Waals surface area contributed by atoms with Crippen LogP contribution in [0.3, 0.4) is 0 Å². The number of esters is 1. The molecule has 0 radical (unpaired) electrons. The second-order valence-electron chi connectivity index (χ2n) is 6.40. The zero-order valence-corrected chi connectivity index (χ0v) is 16.5. The van der Waals surface area contributed by atoms with Crippen molar-refractivity contribution >= 4 is 23.7 Å². The summed E-state index contributed by atoms with van der Waals surface area (Å²) in [5.41, 5.74) is 1.77.